The van der Waals surface area contributed by atoms with Crippen molar-refractivity contribution in [3.05, 3.63) is 35.6 Å². The first kappa shape index (κ1) is 15.0. The highest BCUT2D eigenvalue weighted by Gasteiger charge is 2.34. The van der Waals surface area contributed by atoms with Crippen LogP contribution < -0.4 is 5.32 Å². The molecule has 0 amide bonds. The van der Waals surface area contributed by atoms with E-state index in [-0.39, 0.29) is 5.82 Å². The summed E-state index contributed by atoms with van der Waals surface area (Å²) in [5.41, 5.74) is 1.26. The fourth-order valence-corrected chi connectivity index (χ4v) is 3.83. The van der Waals surface area contributed by atoms with Gasteiger partial charge in [0.1, 0.15) is 5.82 Å². The summed E-state index contributed by atoms with van der Waals surface area (Å²) < 4.78 is 13.1. The highest BCUT2D eigenvalue weighted by atomic mass is 19.1. The maximum absolute atomic E-state index is 13.1. The summed E-state index contributed by atoms with van der Waals surface area (Å²) in [6, 6.07) is 8.12. The van der Waals surface area contributed by atoms with Gasteiger partial charge >= 0.3 is 0 Å². The smallest absolute Gasteiger partial charge is 0.123 e. The molecule has 0 saturated heterocycles. The molecule has 1 aromatic carbocycles. The second-order valence-corrected chi connectivity index (χ2v) is 7.07. The molecule has 21 heavy (non-hydrogen) atoms. The number of benzene rings is 1. The quantitative estimate of drug-likeness (QED) is 0.732. The van der Waals surface area contributed by atoms with Crippen LogP contribution >= 0.6 is 0 Å². The van der Waals surface area contributed by atoms with Crippen molar-refractivity contribution in [1.29, 1.82) is 0 Å². The fraction of sp³-hybridized carbons (Fsp3) is 0.684. The van der Waals surface area contributed by atoms with Gasteiger partial charge in [0, 0.05) is 12.1 Å². The van der Waals surface area contributed by atoms with Crippen LogP contribution in [0.4, 0.5) is 4.39 Å². The van der Waals surface area contributed by atoms with Gasteiger partial charge in [-0.15, -0.1) is 0 Å². The third-order valence-electron chi connectivity index (χ3n) is 5.37. The fourth-order valence-electron chi connectivity index (χ4n) is 3.83. The molecular formula is C19H28FN. The zero-order chi connectivity index (χ0) is 14.7. The normalized spacial score (nSPS) is 23.5. The minimum Gasteiger partial charge on any atom is -0.307 e. The van der Waals surface area contributed by atoms with E-state index in [0.29, 0.717) is 12.1 Å². The summed E-state index contributed by atoms with van der Waals surface area (Å²) in [4.78, 5) is 0. The molecule has 0 radical (unpaired) electrons. The summed E-state index contributed by atoms with van der Waals surface area (Å²) >= 11 is 0. The van der Waals surface area contributed by atoms with E-state index in [0.717, 1.165) is 11.8 Å². The Balaban J connectivity index is 1.65. The first-order valence-electron chi connectivity index (χ1n) is 8.75. The zero-order valence-electron chi connectivity index (χ0n) is 13.2. The van der Waals surface area contributed by atoms with E-state index in [1.165, 1.54) is 56.9 Å². The third-order valence-corrected chi connectivity index (χ3v) is 5.37. The van der Waals surface area contributed by atoms with Crippen LogP contribution in [0.5, 0.6) is 0 Å². The van der Waals surface area contributed by atoms with Crippen molar-refractivity contribution in [2.45, 2.75) is 70.4 Å². The van der Waals surface area contributed by atoms with Gasteiger partial charge in [-0.05, 0) is 62.1 Å². The van der Waals surface area contributed by atoms with Crippen molar-refractivity contribution in [3.8, 4) is 0 Å². The van der Waals surface area contributed by atoms with Crippen LogP contribution in [0.3, 0.4) is 0 Å². The summed E-state index contributed by atoms with van der Waals surface area (Å²) in [5, 5.41) is 3.89. The average Bonchev–Trinajstić information content (AvgIpc) is 3.32. The number of hydrogen-bond acceptors (Lipinski definition) is 1. The van der Waals surface area contributed by atoms with E-state index < -0.39 is 0 Å². The molecule has 2 saturated carbocycles. The molecule has 0 aliphatic heterocycles. The second kappa shape index (κ2) is 6.91. The minimum absolute atomic E-state index is 0.134. The molecule has 1 unspecified atom stereocenters. The Labute approximate surface area is 128 Å². The van der Waals surface area contributed by atoms with Crippen LogP contribution in [-0.4, -0.2) is 6.04 Å². The van der Waals surface area contributed by atoms with Crippen LogP contribution in [-0.2, 0) is 0 Å². The first-order valence-corrected chi connectivity index (χ1v) is 8.75. The monoisotopic (exact) mass is 289 g/mol. The van der Waals surface area contributed by atoms with Crippen molar-refractivity contribution >= 4 is 0 Å². The molecule has 2 atom stereocenters. The predicted octanol–water partition coefficient (Wildman–Crippen LogP) is 5.23. The lowest BCUT2D eigenvalue weighted by Crippen LogP contribution is -2.37. The lowest BCUT2D eigenvalue weighted by Gasteiger charge is -2.29. The Morgan fingerprint density at radius 2 is 1.52 bits per heavy atom. The highest BCUT2D eigenvalue weighted by molar-refractivity contribution is 5.22. The topological polar surface area (TPSA) is 12.0 Å². The lowest BCUT2D eigenvalue weighted by molar-refractivity contribution is 0.297. The Kier molecular flexibility index (Phi) is 4.95. The van der Waals surface area contributed by atoms with Crippen molar-refractivity contribution in [3.63, 3.8) is 0 Å². The average molecular weight is 289 g/mol. The van der Waals surface area contributed by atoms with Crippen molar-refractivity contribution in [2.24, 2.45) is 11.8 Å². The molecule has 0 bridgehead atoms. The molecule has 1 aromatic rings. The van der Waals surface area contributed by atoms with Gasteiger partial charge in [-0.3, -0.25) is 0 Å². The SMILES string of the molecule is C[C@@H](NC(c1ccc(F)cc1)C1CC1)C1CCCCCC1. The number of hydrogen-bond donors (Lipinski definition) is 1. The van der Waals surface area contributed by atoms with Crippen LogP contribution in [0.15, 0.2) is 24.3 Å². The molecule has 2 fully saturated rings. The third kappa shape index (κ3) is 4.06. The van der Waals surface area contributed by atoms with Gasteiger partial charge in [0.2, 0.25) is 0 Å². The van der Waals surface area contributed by atoms with Crippen molar-refractivity contribution in [1.82, 2.24) is 5.32 Å². The van der Waals surface area contributed by atoms with Gasteiger partial charge in [0.15, 0.2) is 0 Å². The second-order valence-electron chi connectivity index (χ2n) is 7.07. The Morgan fingerprint density at radius 1 is 0.905 bits per heavy atom. The summed E-state index contributed by atoms with van der Waals surface area (Å²) in [6.07, 6.45) is 11.0. The molecule has 0 spiro atoms. The Hall–Kier alpha value is -0.890. The van der Waals surface area contributed by atoms with Crippen molar-refractivity contribution < 1.29 is 4.39 Å². The van der Waals surface area contributed by atoms with E-state index in [4.69, 9.17) is 0 Å². The van der Waals surface area contributed by atoms with Crippen molar-refractivity contribution in [2.75, 3.05) is 0 Å². The van der Waals surface area contributed by atoms with E-state index in [1.807, 2.05) is 12.1 Å². The predicted molar refractivity (Wildman–Crippen MR) is 85.7 cm³/mol. The summed E-state index contributed by atoms with van der Waals surface area (Å²) in [7, 11) is 0. The van der Waals surface area contributed by atoms with E-state index >= 15 is 0 Å². The molecule has 3 rings (SSSR count). The molecule has 0 heterocycles. The maximum Gasteiger partial charge on any atom is 0.123 e. The zero-order valence-corrected chi connectivity index (χ0v) is 13.2. The molecule has 2 heteroatoms. The van der Waals surface area contributed by atoms with Crippen LogP contribution in [0.2, 0.25) is 0 Å². The first-order chi connectivity index (χ1) is 10.2. The minimum atomic E-state index is -0.134. The Morgan fingerprint density at radius 3 is 2.10 bits per heavy atom. The molecule has 2 aliphatic rings. The van der Waals surface area contributed by atoms with Gasteiger partial charge in [0.05, 0.1) is 0 Å². The van der Waals surface area contributed by atoms with Crippen LogP contribution in [0.1, 0.15) is 69.9 Å². The number of nitrogens with one attached hydrogen (secondary N) is 1. The highest BCUT2D eigenvalue weighted by Crippen LogP contribution is 2.42. The van der Waals surface area contributed by atoms with Gasteiger partial charge in [-0.2, -0.15) is 0 Å². The van der Waals surface area contributed by atoms with Crippen LogP contribution in [0.25, 0.3) is 0 Å². The number of rotatable bonds is 5. The van der Waals surface area contributed by atoms with E-state index in [9.17, 15) is 4.39 Å². The van der Waals surface area contributed by atoms with Gasteiger partial charge < -0.3 is 5.32 Å². The molecular weight excluding hydrogens is 261 g/mol. The van der Waals surface area contributed by atoms with Gasteiger partial charge in [-0.25, -0.2) is 4.39 Å². The number of halogens is 1. The molecule has 2 aliphatic carbocycles. The summed E-state index contributed by atoms with van der Waals surface area (Å²) in [5.74, 6) is 1.43. The maximum atomic E-state index is 13.1. The van der Waals surface area contributed by atoms with Gasteiger partial charge in [0.25, 0.3) is 0 Å². The van der Waals surface area contributed by atoms with Gasteiger partial charge in [-0.1, -0.05) is 37.8 Å². The molecule has 116 valence electrons. The molecule has 1 nitrogen and oxygen atoms in total. The molecule has 0 aromatic heterocycles. The van der Waals surface area contributed by atoms with Crippen LogP contribution in [0, 0.1) is 17.7 Å². The lowest BCUT2D eigenvalue weighted by atomic mass is 9.91. The summed E-state index contributed by atoms with van der Waals surface area (Å²) in [6.45, 7) is 2.36. The van der Waals surface area contributed by atoms with E-state index in [2.05, 4.69) is 12.2 Å². The Bertz CT molecular complexity index is 429. The standard InChI is InChI=1S/C19H28FN/c1-14(15-6-4-2-3-5-7-15)21-19(16-8-9-16)17-10-12-18(20)13-11-17/h10-16,19,21H,2-9H2,1H3/t14-,19?/m1/s1. The molecule has 1 N–H and O–H groups in total. The largest absolute Gasteiger partial charge is 0.307 e. The van der Waals surface area contributed by atoms with E-state index in [1.54, 1.807) is 12.1 Å².